The molecule has 4 nitrogen and oxygen atoms in total. The second-order valence-electron chi connectivity index (χ2n) is 5.06. The summed E-state index contributed by atoms with van der Waals surface area (Å²) >= 11 is 5.84. The van der Waals surface area contributed by atoms with Gasteiger partial charge in [0, 0.05) is 5.02 Å². The number of nitrogens with one attached hydrogen (secondary N) is 1. The van der Waals surface area contributed by atoms with Crippen LogP contribution in [0, 0.1) is 0 Å². The number of halogens is 2. The van der Waals surface area contributed by atoms with Crippen molar-refractivity contribution in [3.05, 3.63) is 52.5 Å². The molecule has 1 heterocycles. The summed E-state index contributed by atoms with van der Waals surface area (Å²) in [6.45, 7) is 1.25. The highest BCUT2D eigenvalue weighted by Crippen LogP contribution is 2.33. The van der Waals surface area contributed by atoms with Crippen LogP contribution in [-0.2, 0) is 6.42 Å². The van der Waals surface area contributed by atoms with Crippen molar-refractivity contribution in [1.82, 2.24) is 5.32 Å². The van der Waals surface area contributed by atoms with E-state index in [2.05, 4.69) is 5.32 Å². The van der Waals surface area contributed by atoms with Gasteiger partial charge in [0.25, 0.3) is 0 Å². The van der Waals surface area contributed by atoms with Crippen molar-refractivity contribution in [2.45, 2.75) is 12.5 Å². The zero-order valence-electron chi connectivity index (χ0n) is 11.8. The van der Waals surface area contributed by atoms with Crippen LogP contribution in [0.15, 0.2) is 36.4 Å². The molecule has 22 heavy (non-hydrogen) atoms. The summed E-state index contributed by atoms with van der Waals surface area (Å²) in [5.41, 5.74) is 2.00. The lowest BCUT2D eigenvalue weighted by atomic mass is 9.94. The third kappa shape index (κ3) is 3.58. The highest BCUT2D eigenvalue weighted by Gasteiger charge is 2.22. The summed E-state index contributed by atoms with van der Waals surface area (Å²) in [5.74, 6) is 0.568. The summed E-state index contributed by atoms with van der Waals surface area (Å²) in [4.78, 5) is 0. The van der Waals surface area contributed by atoms with Gasteiger partial charge in [0.15, 0.2) is 11.5 Å². The molecule has 0 fully saturated rings. The van der Waals surface area contributed by atoms with Crippen LogP contribution in [0.5, 0.6) is 17.2 Å². The highest BCUT2D eigenvalue weighted by atomic mass is 35.5. The third-order valence-electron chi connectivity index (χ3n) is 3.63. The number of fused-ring (bicyclic) bond motifs is 1. The minimum Gasteiger partial charge on any atom is -0.504 e. The number of aromatic hydroxyl groups is 2. The molecule has 2 aromatic carbocycles. The molecule has 1 atom stereocenters. The first-order chi connectivity index (χ1) is 10.1. The van der Waals surface area contributed by atoms with Crippen LogP contribution in [0.1, 0.15) is 17.2 Å². The molecule has 6 heteroatoms. The van der Waals surface area contributed by atoms with Crippen LogP contribution >= 0.6 is 24.0 Å². The average Bonchev–Trinajstić information content (AvgIpc) is 2.48. The standard InChI is InChI=1S/C16H16ClNO3.ClH/c17-11-1-3-12(4-2-11)21-9-14-13-8-16(20)15(19)7-10(13)5-6-18-14;/h1-4,7-8,14,18-20H,5-6,9H2;1H. The lowest BCUT2D eigenvalue weighted by Gasteiger charge is -2.27. The van der Waals surface area contributed by atoms with Crippen molar-refractivity contribution < 1.29 is 14.9 Å². The van der Waals surface area contributed by atoms with Gasteiger partial charge >= 0.3 is 0 Å². The van der Waals surface area contributed by atoms with E-state index in [4.69, 9.17) is 16.3 Å². The number of hydrogen-bond donors (Lipinski definition) is 3. The Morgan fingerprint density at radius 1 is 1.14 bits per heavy atom. The lowest BCUT2D eigenvalue weighted by molar-refractivity contribution is 0.260. The summed E-state index contributed by atoms with van der Waals surface area (Å²) in [7, 11) is 0. The third-order valence-corrected chi connectivity index (χ3v) is 3.88. The summed E-state index contributed by atoms with van der Waals surface area (Å²) in [6.07, 6.45) is 0.820. The Kier molecular flexibility index (Phi) is 5.40. The molecule has 1 aliphatic heterocycles. The molecular weight excluding hydrogens is 325 g/mol. The van der Waals surface area contributed by atoms with Gasteiger partial charge in [0.2, 0.25) is 0 Å². The first kappa shape index (κ1) is 16.7. The minimum atomic E-state index is -0.103. The summed E-state index contributed by atoms with van der Waals surface area (Å²) < 4.78 is 5.76. The number of ether oxygens (including phenoxy) is 1. The fraction of sp³-hybridized carbons (Fsp3) is 0.250. The van der Waals surface area contributed by atoms with E-state index in [1.807, 2.05) is 12.1 Å². The van der Waals surface area contributed by atoms with Gasteiger partial charge in [-0.3, -0.25) is 0 Å². The van der Waals surface area contributed by atoms with Crippen molar-refractivity contribution >= 4 is 24.0 Å². The van der Waals surface area contributed by atoms with E-state index in [0.29, 0.717) is 11.6 Å². The van der Waals surface area contributed by atoms with Gasteiger partial charge in [-0.2, -0.15) is 0 Å². The largest absolute Gasteiger partial charge is 0.504 e. The van der Waals surface area contributed by atoms with Crippen molar-refractivity contribution in [1.29, 1.82) is 0 Å². The van der Waals surface area contributed by atoms with Crippen LogP contribution in [0.2, 0.25) is 5.02 Å². The van der Waals surface area contributed by atoms with Gasteiger partial charge in [-0.05, 0) is 60.5 Å². The molecule has 0 bridgehead atoms. The maximum atomic E-state index is 9.68. The monoisotopic (exact) mass is 341 g/mol. The maximum Gasteiger partial charge on any atom is 0.157 e. The first-order valence-electron chi connectivity index (χ1n) is 6.80. The Hall–Kier alpha value is -1.62. The smallest absolute Gasteiger partial charge is 0.157 e. The van der Waals surface area contributed by atoms with Crippen LogP contribution in [0.25, 0.3) is 0 Å². The molecule has 118 valence electrons. The topological polar surface area (TPSA) is 61.7 Å². The number of benzene rings is 2. The van der Waals surface area contributed by atoms with Gasteiger partial charge in [-0.15, -0.1) is 12.4 Å². The summed E-state index contributed by atoms with van der Waals surface area (Å²) in [6, 6.07) is 10.4. The van der Waals surface area contributed by atoms with Crippen molar-refractivity contribution in [3.8, 4) is 17.2 Å². The zero-order chi connectivity index (χ0) is 14.8. The predicted octanol–water partition coefficient (Wildman–Crippen LogP) is 3.44. The Bertz CT molecular complexity index is 647. The van der Waals surface area contributed by atoms with Crippen molar-refractivity contribution in [3.63, 3.8) is 0 Å². The molecule has 0 aliphatic carbocycles. The normalized spacial score (nSPS) is 16.5. The van der Waals surface area contributed by atoms with E-state index in [1.54, 1.807) is 24.3 Å². The molecule has 2 aromatic rings. The molecule has 1 unspecified atom stereocenters. The van der Waals surface area contributed by atoms with Crippen LogP contribution in [0.3, 0.4) is 0 Å². The lowest BCUT2D eigenvalue weighted by Crippen LogP contribution is -2.33. The van der Waals surface area contributed by atoms with E-state index in [9.17, 15) is 10.2 Å². The summed E-state index contributed by atoms with van der Waals surface area (Å²) in [5, 5.41) is 23.3. The quantitative estimate of drug-likeness (QED) is 0.748. The van der Waals surface area contributed by atoms with Gasteiger partial charge in [0.1, 0.15) is 12.4 Å². The maximum absolute atomic E-state index is 9.68. The Balaban J connectivity index is 0.00000176. The minimum absolute atomic E-state index is 0. The highest BCUT2D eigenvalue weighted by molar-refractivity contribution is 6.30. The molecule has 1 aliphatic rings. The molecule has 0 spiro atoms. The van der Waals surface area contributed by atoms with Crippen molar-refractivity contribution in [2.24, 2.45) is 0 Å². The Morgan fingerprint density at radius 2 is 1.82 bits per heavy atom. The van der Waals surface area contributed by atoms with Gasteiger partial charge in [-0.25, -0.2) is 0 Å². The number of phenolic OH excluding ortho intramolecular Hbond substituents is 2. The Labute approximate surface area is 140 Å². The molecule has 3 rings (SSSR count). The molecule has 3 N–H and O–H groups in total. The van der Waals surface area contributed by atoms with Gasteiger partial charge in [0.05, 0.1) is 6.04 Å². The SMILES string of the molecule is Cl.Oc1cc2c(cc1O)C(COc1ccc(Cl)cc1)NCC2. The van der Waals surface area contributed by atoms with Crippen LogP contribution in [0.4, 0.5) is 0 Å². The van der Waals surface area contributed by atoms with E-state index >= 15 is 0 Å². The fourth-order valence-electron chi connectivity index (χ4n) is 2.53. The van der Waals surface area contributed by atoms with E-state index in [-0.39, 0.29) is 29.9 Å². The van der Waals surface area contributed by atoms with Gasteiger partial charge in [-0.1, -0.05) is 11.6 Å². The van der Waals surface area contributed by atoms with Crippen LogP contribution in [-0.4, -0.2) is 23.4 Å². The molecule has 0 saturated carbocycles. The molecule has 0 aromatic heterocycles. The zero-order valence-corrected chi connectivity index (χ0v) is 13.3. The van der Waals surface area contributed by atoms with Gasteiger partial charge < -0.3 is 20.3 Å². The molecule has 0 saturated heterocycles. The number of rotatable bonds is 3. The van der Waals surface area contributed by atoms with Crippen molar-refractivity contribution in [2.75, 3.05) is 13.2 Å². The average molecular weight is 342 g/mol. The second kappa shape index (κ2) is 7.09. The van der Waals surface area contributed by atoms with E-state index < -0.39 is 0 Å². The first-order valence-corrected chi connectivity index (χ1v) is 7.18. The van der Waals surface area contributed by atoms with E-state index in [0.717, 1.165) is 29.8 Å². The fourth-order valence-corrected chi connectivity index (χ4v) is 2.65. The molecule has 0 radical (unpaired) electrons. The molecular formula is C16H17Cl2NO3. The Morgan fingerprint density at radius 3 is 2.55 bits per heavy atom. The van der Waals surface area contributed by atoms with E-state index in [1.165, 1.54) is 0 Å². The van der Waals surface area contributed by atoms with Crippen LogP contribution < -0.4 is 10.1 Å². The number of hydrogen-bond acceptors (Lipinski definition) is 4. The number of phenols is 2. The predicted molar refractivity (Wildman–Crippen MR) is 88.4 cm³/mol. The second-order valence-corrected chi connectivity index (χ2v) is 5.50. The molecule has 0 amide bonds.